The van der Waals surface area contributed by atoms with Crippen LogP contribution in [0.1, 0.15) is 16.9 Å². The van der Waals surface area contributed by atoms with E-state index in [0.717, 1.165) is 12.3 Å². The average molecular weight is 325 g/mol. The van der Waals surface area contributed by atoms with Gasteiger partial charge in [0.05, 0.1) is 5.75 Å². The molecule has 114 valence electrons. The highest BCUT2D eigenvalue weighted by Gasteiger charge is 2.19. The normalized spacial score (nSPS) is 12.5. The van der Waals surface area contributed by atoms with Gasteiger partial charge >= 0.3 is 5.97 Å². The number of carbonyl (C=O) groups is 1. The van der Waals surface area contributed by atoms with Gasteiger partial charge in [0.25, 0.3) is 0 Å². The summed E-state index contributed by atoms with van der Waals surface area (Å²) in [5.41, 5.74) is -0.171. The maximum absolute atomic E-state index is 11.8. The second kappa shape index (κ2) is 5.91. The van der Waals surface area contributed by atoms with Gasteiger partial charge in [-0.3, -0.25) is 0 Å². The molecule has 0 amide bonds. The number of nitrogens with one attached hydrogen (secondary N) is 1. The Morgan fingerprint density at radius 3 is 2.45 bits per heavy atom. The Kier molecular flexibility index (Phi) is 4.91. The van der Waals surface area contributed by atoms with Gasteiger partial charge in [0, 0.05) is 19.8 Å². The van der Waals surface area contributed by atoms with Crippen molar-refractivity contribution in [1.82, 2.24) is 9.29 Å². The zero-order valence-corrected chi connectivity index (χ0v) is 12.2. The quantitative estimate of drug-likeness (QED) is 0.529. The molecule has 9 nitrogen and oxygen atoms in total. The molecule has 0 bridgehead atoms. The third kappa shape index (κ3) is 4.59. The highest BCUT2D eigenvalue weighted by atomic mass is 32.2. The van der Waals surface area contributed by atoms with Crippen molar-refractivity contribution in [2.75, 3.05) is 12.3 Å². The molecule has 0 saturated carbocycles. The summed E-state index contributed by atoms with van der Waals surface area (Å²) >= 11 is 0. The van der Waals surface area contributed by atoms with Crippen molar-refractivity contribution in [3.05, 3.63) is 18.0 Å². The second-order valence-electron chi connectivity index (χ2n) is 4.10. The van der Waals surface area contributed by atoms with Crippen LogP contribution in [-0.4, -0.2) is 44.8 Å². The summed E-state index contributed by atoms with van der Waals surface area (Å²) < 4.78 is 48.4. The first-order valence-electron chi connectivity index (χ1n) is 5.43. The van der Waals surface area contributed by atoms with Crippen molar-refractivity contribution >= 4 is 26.0 Å². The summed E-state index contributed by atoms with van der Waals surface area (Å²) in [6.45, 7) is -0.115. The van der Waals surface area contributed by atoms with Crippen molar-refractivity contribution in [2.45, 2.75) is 11.3 Å². The van der Waals surface area contributed by atoms with Gasteiger partial charge in [0.2, 0.25) is 20.0 Å². The number of aryl methyl sites for hydroxylation is 1. The minimum absolute atomic E-state index is 0.0245. The van der Waals surface area contributed by atoms with Crippen LogP contribution >= 0.6 is 0 Å². The lowest BCUT2D eigenvalue weighted by Gasteiger charge is -2.04. The number of sulfonamides is 2. The molecule has 4 N–H and O–H groups in total. The van der Waals surface area contributed by atoms with E-state index in [2.05, 4.69) is 4.72 Å². The Balaban J connectivity index is 2.75. The maximum atomic E-state index is 11.8. The Morgan fingerprint density at radius 1 is 1.40 bits per heavy atom. The van der Waals surface area contributed by atoms with Crippen LogP contribution < -0.4 is 9.86 Å². The van der Waals surface area contributed by atoms with E-state index in [1.54, 1.807) is 0 Å². The summed E-state index contributed by atoms with van der Waals surface area (Å²) in [5, 5.41) is 13.6. The number of aromatic nitrogens is 1. The van der Waals surface area contributed by atoms with Crippen LogP contribution in [0.15, 0.2) is 17.2 Å². The maximum Gasteiger partial charge on any atom is 0.352 e. The van der Waals surface area contributed by atoms with Crippen molar-refractivity contribution < 1.29 is 26.7 Å². The van der Waals surface area contributed by atoms with Gasteiger partial charge in [-0.1, -0.05) is 0 Å². The van der Waals surface area contributed by atoms with E-state index in [1.165, 1.54) is 11.6 Å². The summed E-state index contributed by atoms with van der Waals surface area (Å²) in [4.78, 5) is 10.6. The van der Waals surface area contributed by atoms with E-state index in [9.17, 15) is 21.6 Å². The first-order chi connectivity index (χ1) is 9.03. The smallest absolute Gasteiger partial charge is 0.352 e. The first-order valence-corrected chi connectivity index (χ1v) is 8.62. The van der Waals surface area contributed by atoms with Gasteiger partial charge in [-0.15, -0.1) is 0 Å². The van der Waals surface area contributed by atoms with Crippen LogP contribution in [0.25, 0.3) is 0 Å². The number of primary sulfonamides is 1. The highest BCUT2D eigenvalue weighted by molar-refractivity contribution is 7.89. The molecule has 0 spiro atoms. The lowest BCUT2D eigenvalue weighted by molar-refractivity contribution is 0.0686. The molecule has 0 saturated heterocycles. The lowest BCUT2D eigenvalue weighted by atomic mass is 10.4. The number of carboxylic acids is 1. The Bertz CT molecular complexity index is 704. The third-order valence-corrected chi connectivity index (χ3v) is 4.69. The van der Waals surface area contributed by atoms with Gasteiger partial charge < -0.3 is 9.67 Å². The average Bonchev–Trinajstić information content (AvgIpc) is 2.66. The predicted octanol–water partition coefficient (Wildman–Crippen LogP) is -1.32. The molecule has 1 aromatic rings. The van der Waals surface area contributed by atoms with Gasteiger partial charge in [0.15, 0.2) is 0 Å². The van der Waals surface area contributed by atoms with E-state index in [-0.39, 0.29) is 29.3 Å². The van der Waals surface area contributed by atoms with E-state index in [0.29, 0.717) is 0 Å². The Hall–Kier alpha value is -1.43. The largest absolute Gasteiger partial charge is 0.477 e. The van der Waals surface area contributed by atoms with Crippen LogP contribution in [0, 0.1) is 0 Å². The molecular formula is C9H15N3O6S2. The summed E-state index contributed by atoms with van der Waals surface area (Å²) in [6, 6.07) is 1.02. The highest BCUT2D eigenvalue weighted by Crippen LogP contribution is 2.13. The number of nitrogens with zero attached hydrogens (tertiary/aromatic N) is 1. The second-order valence-corrected chi connectivity index (χ2v) is 7.60. The molecule has 1 rings (SSSR count). The van der Waals surface area contributed by atoms with Gasteiger partial charge in [-0.25, -0.2) is 31.5 Å². The Morgan fingerprint density at radius 2 is 2.00 bits per heavy atom. The first kappa shape index (κ1) is 16.6. The number of rotatable bonds is 7. The lowest BCUT2D eigenvalue weighted by Crippen LogP contribution is -2.27. The molecule has 1 aromatic heterocycles. The molecule has 0 aliphatic heterocycles. The van der Waals surface area contributed by atoms with Gasteiger partial charge in [-0.2, -0.15) is 0 Å². The number of hydrogen-bond donors (Lipinski definition) is 3. The minimum Gasteiger partial charge on any atom is -0.477 e. The van der Waals surface area contributed by atoms with Gasteiger partial charge in [-0.05, 0) is 12.5 Å². The molecule has 0 atom stereocenters. The zero-order chi connectivity index (χ0) is 15.6. The van der Waals surface area contributed by atoms with Crippen LogP contribution in [0.3, 0.4) is 0 Å². The molecular weight excluding hydrogens is 310 g/mol. The predicted molar refractivity (Wildman–Crippen MR) is 70.2 cm³/mol. The number of carboxylic acid groups (broad SMARTS) is 1. The molecule has 1 heterocycles. The van der Waals surface area contributed by atoms with Crippen LogP contribution in [0.4, 0.5) is 0 Å². The fraction of sp³-hybridized carbons (Fsp3) is 0.444. The molecule has 0 aliphatic carbocycles. The fourth-order valence-corrected chi connectivity index (χ4v) is 3.15. The van der Waals surface area contributed by atoms with Crippen molar-refractivity contribution in [3.63, 3.8) is 0 Å². The molecule has 0 fully saturated rings. The molecule has 20 heavy (non-hydrogen) atoms. The molecule has 0 unspecified atom stereocenters. The van der Waals surface area contributed by atoms with Crippen molar-refractivity contribution in [1.29, 1.82) is 0 Å². The monoisotopic (exact) mass is 325 g/mol. The third-order valence-electron chi connectivity index (χ3n) is 2.41. The summed E-state index contributed by atoms with van der Waals surface area (Å²) in [5.74, 6) is -1.59. The number of aromatic carboxylic acids is 1. The van der Waals surface area contributed by atoms with Gasteiger partial charge in [0.1, 0.15) is 10.6 Å². The standard InChI is InChI=1S/C9H15N3O6S2/c1-12-6-7(5-8(12)9(13)14)20(17,18)11-3-2-4-19(10,15)16/h5-6,11H,2-4H2,1H3,(H,13,14)(H2,10,15,16). The summed E-state index contributed by atoms with van der Waals surface area (Å²) in [7, 11) is -6.11. The topological polar surface area (TPSA) is 149 Å². The van der Waals surface area contributed by atoms with Crippen molar-refractivity contribution in [2.24, 2.45) is 12.2 Å². The minimum atomic E-state index is -3.88. The Labute approximate surface area is 116 Å². The fourth-order valence-electron chi connectivity index (χ4n) is 1.46. The zero-order valence-electron chi connectivity index (χ0n) is 10.6. The van der Waals surface area contributed by atoms with E-state index in [1.807, 2.05) is 0 Å². The molecule has 11 heteroatoms. The van der Waals surface area contributed by atoms with E-state index < -0.39 is 26.0 Å². The van der Waals surface area contributed by atoms with Crippen LogP contribution in [0.5, 0.6) is 0 Å². The van der Waals surface area contributed by atoms with Crippen LogP contribution in [0.2, 0.25) is 0 Å². The molecule has 0 aliphatic rings. The SMILES string of the molecule is Cn1cc(S(=O)(=O)NCCCS(N)(=O)=O)cc1C(=O)O. The summed E-state index contributed by atoms with van der Waals surface area (Å²) in [6.07, 6.45) is 1.18. The van der Waals surface area contributed by atoms with E-state index in [4.69, 9.17) is 10.2 Å². The number of nitrogens with two attached hydrogens (primary N) is 1. The van der Waals surface area contributed by atoms with Crippen LogP contribution in [-0.2, 0) is 27.1 Å². The van der Waals surface area contributed by atoms with Crippen molar-refractivity contribution in [3.8, 4) is 0 Å². The molecule has 0 aromatic carbocycles. The number of hydrogen-bond acceptors (Lipinski definition) is 5. The molecule has 0 radical (unpaired) electrons. The van der Waals surface area contributed by atoms with E-state index >= 15 is 0 Å².